The van der Waals surface area contributed by atoms with E-state index in [0.717, 1.165) is 18.1 Å². The van der Waals surface area contributed by atoms with Gasteiger partial charge in [-0.25, -0.2) is 0 Å². The van der Waals surface area contributed by atoms with Crippen LogP contribution in [0.15, 0.2) is 24.5 Å². The summed E-state index contributed by atoms with van der Waals surface area (Å²) in [6.45, 7) is 1.07. The third-order valence-electron chi connectivity index (χ3n) is 1.49. The summed E-state index contributed by atoms with van der Waals surface area (Å²) in [5.41, 5.74) is 1.30. The van der Waals surface area contributed by atoms with Crippen molar-refractivity contribution >= 4 is 11.8 Å². The van der Waals surface area contributed by atoms with Crippen LogP contribution in [0.3, 0.4) is 0 Å². The molecule has 1 N–H and O–H groups in total. The average Bonchev–Trinajstić information content (AvgIpc) is 2.14. The second-order valence-corrected chi connectivity index (χ2v) is 3.62. The minimum absolute atomic E-state index is 1.06. The molecule has 0 fully saturated rings. The Morgan fingerprint density at radius 3 is 3.17 bits per heavy atom. The molecule has 1 heterocycles. The Hall–Kier alpha value is -0.540. The molecule has 0 aliphatic carbocycles. The van der Waals surface area contributed by atoms with Gasteiger partial charge in [0.2, 0.25) is 0 Å². The molecule has 0 saturated heterocycles. The van der Waals surface area contributed by atoms with Gasteiger partial charge in [0.25, 0.3) is 0 Å². The first-order valence-electron chi connectivity index (χ1n) is 4.04. The zero-order valence-electron chi connectivity index (χ0n) is 7.29. The third-order valence-corrected chi connectivity index (χ3v) is 2.52. The van der Waals surface area contributed by atoms with Crippen LogP contribution in [0.4, 0.5) is 0 Å². The van der Waals surface area contributed by atoms with Crippen molar-refractivity contribution < 1.29 is 0 Å². The van der Waals surface area contributed by atoms with Gasteiger partial charge in [-0.2, -0.15) is 11.8 Å². The highest BCUT2D eigenvalue weighted by atomic mass is 32.2. The number of rotatable bonds is 5. The average molecular weight is 182 g/mol. The van der Waals surface area contributed by atoms with Crippen molar-refractivity contribution in [1.29, 1.82) is 0 Å². The molecule has 3 heteroatoms. The summed E-state index contributed by atoms with van der Waals surface area (Å²) in [6.07, 6.45) is 3.73. The molecule has 1 rings (SSSR count). The number of thioether (sulfide) groups is 1. The number of pyridine rings is 1. The Kier molecular flexibility index (Phi) is 4.80. The molecule has 0 unspecified atom stereocenters. The minimum atomic E-state index is 1.06. The first kappa shape index (κ1) is 9.55. The number of nitrogens with zero attached hydrogens (tertiary/aromatic N) is 1. The van der Waals surface area contributed by atoms with Crippen LogP contribution in [0.25, 0.3) is 0 Å². The largest absolute Gasteiger partial charge is 0.319 e. The van der Waals surface area contributed by atoms with Crippen LogP contribution in [-0.4, -0.2) is 24.3 Å². The summed E-state index contributed by atoms with van der Waals surface area (Å²) in [7, 11) is 1.98. The van der Waals surface area contributed by atoms with E-state index in [-0.39, 0.29) is 0 Å². The standard InChI is InChI=1S/C9H14N2S/c1-10-5-6-12-8-9-3-2-4-11-7-9/h2-4,7,10H,5-6,8H2,1H3. The minimum Gasteiger partial charge on any atom is -0.319 e. The number of hydrogen-bond donors (Lipinski definition) is 1. The van der Waals surface area contributed by atoms with Gasteiger partial charge in [-0.15, -0.1) is 0 Å². The number of hydrogen-bond acceptors (Lipinski definition) is 3. The van der Waals surface area contributed by atoms with Crippen LogP contribution in [0.5, 0.6) is 0 Å². The summed E-state index contributed by atoms with van der Waals surface area (Å²) in [5.74, 6) is 2.22. The lowest BCUT2D eigenvalue weighted by molar-refractivity contribution is 0.872. The van der Waals surface area contributed by atoms with Crippen LogP contribution >= 0.6 is 11.8 Å². The van der Waals surface area contributed by atoms with Gasteiger partial charge in [0.05, 0.1) is 0 Å². The summed E-state index contributed by atoms with van der Waals surface area (Å²) in [5, 5.41) is 3.12. The molecule has 1 aromatic rings. The van der Waals surface area contributed by atoms with Crippen molar-refractivity contribution in [1.82, 2.24) is 10.3 Å². The Morgan fingerprint density at radius 1 is 1.58 bits per heavy atom. The van der Waals surface area contributed by atoms with Gasteiger partial charge in [0.1, 0.15) is 0 Å². The van der Waals surface area contributed by atoms with Crippen LogP contribution in [0, 0.1) is 0 Å². The van der Waals surface area contributed by atoms with E-state index in [0.29, 0.717) is 0 Å². The topological polar surface area (TPSA) is 24.9 Å². The van der Waals surface area contributed by atoms with Gasteiger partial charge in [-0.05, 0) is 18.7 Å². The molecule has 0 radical (unpaired) electrons. The molecular formula is C9H14N2S. The maximum atomic E-state index is 4.05. The summed E-state index contributed by atoms with van der Waals surface area (Å²) < 4.78 is 0. The van der Waals surface area contributed by atoms with Crippen molar-refractivity contribution in [2.75, 3.05) is 19.3 Å². The zero-order chi connectivity index (χ0) is 8.65. The van der Waals surface area contributed by atoms with Crippen LogP contribution < -0.4 is 5.32 Å². The normalized spacial score (nSPS) is 10.1. The Balaban J connectivity index is 2.16. The molecule has 1 aromatic heterocycles. The van der Waals surface area contributed by atoms with Crippen LogP contribution in [-0.2, 0) is 5.75 Å². The Labute approximate surface area is 77.8 Å². The van der Waals surface area contributed by atoms with E-state index in [1.54, 1.807) is 0 Å². The van der Waals surface area contributed by atoms with Crippen molar-refractivity contribution in [2.24, 2.45) is 0 Å². The second kappa shape index (κ2) is 6.03. The van der Waals surface area contributed by atoms with Gasteiger partial charge in [0.15, 0.2) is 0 Å². The fourth-order valence-electron chi connectivity index (χ4n) is 0.848. The Bertz CT molecular complexity index is 201. The molecule has 0 aliphatic heterocycles. The van der Waals surface area contributed by atoms with E-state index in [4.69, 9.17) is 0 Å². The van der Waals surface area contributed by atoms with Crippen LogP contribution in [0.1, 0.15) is 5.56 Å². The molecule has 12 heavy (non-hydrogen) atoms. The van der Waals surface area contributed by atoms with E-state index in [2.05, 4.69) is 16.4 Å². The van der Waals surface area contributed by atoms with E-state index >= 15 is 0 Å². The van der Waals surface area contributed by atoms with E-state index in [9.17, 15) is 0 Å². The fraction of sp³-hybridized carbons (Fsp3) is 0.444. The molecule has 66 valence electrons. The molecule has 2 nitrogen and oxygen atoms in total. The zero-order valence-corrected chi connectivity index (χ0v) is 8.10. The molecule has 0 aliphatic rings. The monoisotopic (exact) mass is 182 g/mol. The number of nitrogens with one attached hydrogen (secondary N) is 1. The van der Waals surface area contributed by atoms with E-state index in [1.807, 2.05) is 37.3 Å². The van der Waals surface area contributed by atoms with Gasteiger partial charge >= 0.3 is 0 Å². The summed E-state index contributed by atoms with van der Waals surface area (Å²) in [4.78, 5) is 4.05. The first-order valence-corrected chi connectivity index (χ1v) is 5.20. The highest BCUT2D eigenvalue weighted by Crippen LogP contribution is 2.09. The predicted molar refractivity (Wildman–Crippen MR) is 54.3 cm³/mol. The summed E-state index contributed by atoms with van der Waals surface area (Å²) in [6, 6.07) is 4.09. The van der Waals surface area contributed by atoms with E-state index in [1.165, 1.54) is 5.56 Å². The van der Waals surface area contributed by atoms with Gasteiger partial charge in [0, 0.05) is 30.4 Å². The maximum Gasteiger partial charge on any atom is 0.0308 e. The molecular weight excluding hydrogens is 168 g/mol. The second-order valence-electron chi connectivity index (χ2n) is 2.52. The van der Waals surface area contributed by atoms with Crippen molar-refractivity contribution in [3.63, 3.8) is 0 Å². The molecule has 0 saturated carbocycles. The van der Waals surface area contributed by atoms with Crippen molar-refractivity contribution in [2.45, 2.75) is 5.75 Å². The quantitative estimate of drug-likeness (QED) is 0.699. The smallest absolute Gasteiger partial charge is 0.0308 e. The van der Waals surface area contributed by atoms with Crippen LogP contribution in [0.2, 0.25) is 0 Å². The first-order chi connectivity index (χ1) is 5.93. The molecule has 0 amide bonds. The highest BCUT2D eigenvalue weighted by molar-refractivity contribution is 7.98. The van der Waals surface area contributed by atoms with Crippen molar-refractivity contribution in [3.05, 3.63) is 30.1 Å². The highest BCUT2D eigenvalue weighted by Gasteiger charge is 1.91. The van der Waals surface area contributed by atoms with Gasteiger partial charge < -0.3 is 5.32 Å². The lowest BCUT2D eigenvalue weighted by atomic mass is 10.3. The lowest BCUT2D eigenvalue weighted by Crippen LogP contribution is -2.09. The maximum absolute atomic E-state index is 4.05. The third kappa shape index (κ3) is 3.74. The lowest BCUT2D eigenvalue weighted by Gasteiger charge is -1.99. The fourth-order valence-corrected chi connectivity index (χ4v) is 1.75. The van der Waals surface area contributed by atoms with E-state index < -0.39 is 0 Å². The number of aromatic nitrogens is 1. The predicted octanol–water partition coefficient (Wildman–Crippen LogP) is 1.53. The van der Waals surface area contributed by atoms with Gasteiger partial charge in [-0.1, -0.05) is 6.07 Å². The SMILES string of the molecule is CNCCSCc1cccnc1. The van der Waals surface area contributed by atoms with Gasteiger partial charge in [-0.3, -0.25) is 4.98 Å². The van der Waals surface area contributed by atoms with Crippen molar-refractivity contribution in [3.8, 4) is 0 Å². The molecule has 0 bridgehead atoms. The Morgan fingerprint density at radius 2 is 2.50 bits per heavy atom. The molecule has 0 atom stereocenters. The summed E-state index contributed by atoms with van der Waals surface area (Å²) >= 11 is 1.93. The molecule has 0 aromatic carbocycles. The molecule has 0 spiro atoms.